The van der Waals surface area contributed by atoms with E-state index in [0.717, 1.165) is 30.2 Å². The van der Waals surface area contributed by atoms with Gasteiger partial charge in [0.2, 0.25) is 0 Å². The molecule has 2 aromatic rings. The summed E-state index contributed by atoms with van der Waals surface area (Å²) in [6, 6.07) is 5.12. The number of sulfone groups is 1. The first kappa shape index (κ1) is 16.1. The van der Waals surface area contributed by atoms with Gasteiger partial charge in [-0.15, -0.1) is 0 Å². The Labute approximate surface area is 136 Å². The average Bonchev–Trinajstić information content (AvgIpc) is 2.94. The average molecular weight is 335 g/mol. The Bertz CT molecular complexity index is 807. The summed E-state index contributed by atoms with van der Waals surface area (Å²) in [6.07, 6.45) is 6.02. The minimum absolute atomic E-state index is 0.170. The van der Waals surface area contributed by atoms with Crippen LogP contribution in [-0.2, 0) is 14.6 Å². The maximum Gasteiger partial charge on any atom is 0.175 e. The molecule has 0 radical (unpaired) electrons. The first-order valence-electron chi connectivity index (χ1n) is 7.82. The van der Waals surface area contributed by atoms with Gasteiger partial charge in [0.15, 0.2) is 9.84 Å². The van der Waals surface area contributed by atoms with E-state index in [-0.39, 0.29) is 17.0 Å². The molecule has 7 heteroatoms. The maximum absolute atomic E-state index is 11.8. The highest BCUT2D eigenvalue weighted by Gasteiger charge is 2.28. The lowest BCUT2D eigenvalue weighted by molar-refractivity contribution is 0.0616. The van der Waals surface area contributed by atoms with Crippen molar-refractivity contribution in [2.24, 2.45) is 0 Å². The van der Waals surface area contributed by atoms with Gasteiger partial charge in [-0.3, -0.25) is 0 Å². The van der Waals surface area contributed by atoms with E-state index in [4.69, 9.17) is 4.74 Å². The van der Waals surface area contributed by atoms with Crippen molar-refractivity contribution >= 4 is 26.6 Å². The molecule has 1 fully saturated rings. The molecule has 1 aromatic carbocycles. The predicted octanol–water partition coefficient (Wildman–Crippen LogP) is 2.40. The molecular weight excluding hydrogens is 314 g/mol. The standard InChI is InChI=1S/C16H21N3O3S/c1-3-22-15-6-4-5-14(15)19-16-12-9-11(23(2,20)21)7-8-13(12)17-10-18-16/h7-10,14-15H,3-6H2,1-2H3,(H,17,18,19)/t14-,15-/m1/s1. The molecule has 0 amide bonds. The summed E-state index contributed by atoms with van der Waals surface area (Å²) in [5, 5.41) is 4.15. The second-order valence-corrected chi connectivity index (χ2v) is 7.86. The van der Waals surface area contributed by atoms with Crippen LogP contribution in [0.4, 0.5) is 5.82 Å². The summed E-state index contributed by atoms with van der Waals surface area (Å²) >= 11 is 0. The molecule has 0 aliphatic heterocycles. The molecule has 0 bridgehead atoms. The smallest absolute Gasteiger partial charge is 0.175 e. The van der Waals surface area contributed by atoms with E-state index in [1.807, 2.05) is 6.92 Å². The third-order valence-electron chi connectivity index (χ3n) is 4.19. The van der Waals surface area contributed by atoms with Crippen molar-refractivity contribution in [1.82, 2.24) is 9.97 Å². The van der Waals surface area contributed by atoms with Crippen molar-refractivity contribution in [1.29, 1.82) is 0 Å². The van der Waals surface area contributed by atoms with Gasteiger partial charge >= 0.3 is 0 Å². The quantitative estimate of drug-likeness (QED) is 0.903. The lowest BCUT2D eigenvalue weighted by Crippen LogP contribution is -2.31. The normalized spacial score (nSPS) is 21.7. The van der Waals surface area contributed by atoms with Gasteiger partial charge in [0.05, 0.1) is 22.6 Å². The van der Waals surface area contributed by atoms with E-state index >= 15 is 0 Å². The lowest BCUT2D eigenvalue weighted by atomic mass is 10.2. The number of fused-ring (bicyclic) bond motifs is 1. The van der Waals surface area contributed by atoms with E-state index < -0.39 is 9.84 Å². The van der Waals surface area contributed by atoms with Crippen molar-refractivity contribution < 1.29 is 13.2 Å². The molecule has 1 aliphatic rings. The second kappa shape index (κ2) is 6.41. The Morgan fingerprint density at radius 3 is 2.87 bits per heavy atom. The van der Waals surface area contributed by atoms with Gasteiger partial charge in [0.1, 0.15) is 12.1 Å². The largest absolute Gasteiger partial charge is 0.376 e. The highest BCUT2D eigenvalue weighted by atomic mass is 32.2. The topological polar surface area (TPSA) is 81.2 Å². The molecule has 23 heavy (non-hydrogen) atoms. The fraction of sp³-hybridized carbons (Fsp3) is 0.500. The highest BCUT2D eigenvalue weighted by Crippen LogP contribution is 2.28. The Kier molecular flexibility index (Phi) is 4.50. The van der Waals surface area contributed by atoms with Gasteiger partial charge in [-0.05, 0) is 44.4 Å². The third kappa shape index (κ3) is 3.45. The molecule has 0 saturated heterocycles. The summed E-state index contributed by atoms with van der Waals surface area (Å²) in [5.41, 5.74) is 0.723. The van der Waals surface area contributed by atoms with Crippen LogP contribution < -0.4 is 5.32 Å². The zero-order valence-corrected chi connectivity index (χ0v) is 14.1. The van der Waals surface area contributed by atoms with Crippen LogP contribution in [0.1, 0.15) is 26.2 Å². The number of aromatic nitrogens is 2. The minimum Gasteiger partial charge on any atom is -0.376 e. The van der Waals surface area contributed by atoms with Crippen molar-refractivity contribution in [2.75, 3.05) is 18.2 Å². The van der Waals surface area contributed by atoms with Crippen molar-refractivity contribution in [3.8, 4) is 0 Å². The SMILES string of the molecule is CCO[C@@H]1CCC[C@H]1Nc1ncnc2ccc(S(C)(=O)=O)cc12. The fourth-order valence-electron chi connectivity index (χ4n) is 3.06. The van der Waals surface area contributed by atoms with Crippen LogP contribution in [0.2, 0.25) is 0 Å². The van der Waals surface area contributed by atoms with Crippen LogP contribution >= 0.6 is 0 Å². The molecule has 1 aromatic heterocycles. The number of anilines is 1. The van der Waals surface area contributed by atoms with E-state index in [0.29, 0.717) is 12.4 Å². The molecule has 1 N–H and O–H groups in total. The van der Waals surface area contributed by atoms with E-state index in [2.05, 4.69) is 15.3 Å². The number of rotatable bonds is 5. The Hall–Kier alpha value is -1.73. The number of ether oxygens (including phenoxy) is 1. The zero-order chi connectivity index (χ0) is 16.4. The fourth-order valence-corrected chi connectivity index (χ4v) is 3.71. The summed E-state index contributed by atoms with van der Waals surface area (Å²) in [4.78, 5) is 8.81. The minimum atomic E-state index is -3.27. The third-order valence-corrected chi connectivity index (χ3v) is 5.30. The van der Waals surface area contributed by atoms with Gasteiger partial charge in [0.25, 0.3) is 0 Å². The zero-order valence-electron chi connectivity index (χ0n) is 13.3. The van der Waals surface area contributed by atoms with Gasteiger partial charge in [-0.25, -0.2) is 18.4 Å². The number of nitrogens with one attached hydrogen (secondary N) is 1. The van der Waals surface area contributed by atoms with Crippen LogP contribution in [0.25, 0.3) is 10.9 Å². The lowest BCUT2D eigenvalue weighted by Gasteiger charge is -2.22. The van der Waals surface area contributed by atoms with Gasteiger partial charge in [-0.2, -0.15) is 0 Å². The first-order chi connectivity index (χ1) is 11.0. The van der Waals surface area contributed by atoms with Gasteiger partial charge < -0.3 is 10.1 Å². The molecular formula is C16H21N3O3S. The Morgan fingerprint density at radius 1 is 1.30 bits per heavy atom. The van der Waals surface area contributed by atoms with Gasteiger partial charge in [-0.1, -0.05) is 0 Å². The first-order valence-corrected chi connectivity index (χ1v) is 9.71. The Morgan fingerprint density at radius 2 is 2.13 bits per heavy atom. The summed E-state index contributed by atoms with van der Waals surface area (Å²) in [5.74, 6) is 0.664. The van der Waals surface area contributed by atoms with Crippen molar-refractivity contribution in [2.45, 2.75) is 43.2 Å². The highest BCUT2D eigenvalue weighted by molar-refractivity contribution is 7.90. The molecule has 2 atom stereocenters. The van der Waals surface area contributed by atoms with E-state index in [1.54, 1.807) is 18.2 Å². The maximum atomic E-state index is 11.8. The van der Waals surface area contributed by atoms with Crippen molar-refractivity contribution in [3.05, 3.63) is 24.5 Å². The molecule has 1 saturated carbocycles. The second-order valence-electron chi connectivity index (χ2n) is 5.85. The molecule has 3 rings (SSSR count). The molecule has 6 nitrogen and oxygen atoms in total. The molecule has 0 spiro atoms. The van der Waals surface area contributed by atoms with E-state index in [9.17, 15) is 8.42 Å². The van der Waals surface area contributed by atoms with Crippen LogP contribution in [0.3, 0.4) is 0 Å². The summed E-state index contributed by atoms with van der Waals surface area (Å²) < 4.78 is 29.4. The monoisotopic (exact) mass is 335 g/mol. The molecule has 1 aliphatic carbocycles. The van der Waals surface area contributed by atoms with Crippen LogP contribution in [-0.4, -0.2) is 43.4 Å². The number of hydrogen-bond acceptors (Lipinski definition) is 6. The number of nitrogens with zero attached hydrogens (tertiary/aromatic N) is 2. The molecule has 0 unspecified atom stereocenters. The molecule has 1 heterocycles. The molecule has 124 valence electrons. The summed E-state index contributed by atoms with van der Waals surface area (Å²) in [7, 11) is -3.27. The van der Waals surface area contributed by atoms with Crippen molar-refractivity contribution in [3.63, 3.8) is 0 Å². The Balaban J connectivity index is 1.97. The van der Waals surface area contributed by atoms with Crippen LogP contribution in [0, 0.1) is 0 Å². The van der Waals surface area contributed by atoms with Crippen LogP contribution in [0.5, 0.6) is 0 Å². The van der Waals surface area contributed by atoms with Crippen LogP contribution in [0.15, 0.2) is 29.4 Å². The predicted molar refractivity (Wildman–Crippen MR) is 89.3 cm³/mol. The number of hydrogen-bond donors (Lipinski definition) is 1. The van der Waals surface area contributed by atoms with E-state index in [1.165, 1.54) is 12.6 Å². The number of benzene rings is 1. The summed E-state index contributed by atoms with van der Waals surface area (Å²) in [6.45, 7) is 2.68. The van der Waals surface area contributed by atoms with Gasteiger partial charge in [0, 0.05) is 18.2 Å².